The second kappa shape index (κ2) is 10.8. The molecular formula is C25H29N3O11. The fraction of sp³-hybridized carbons (Fsp3) is 0.560. The summed E-state index contributed by atoms with van der Waals surface area (Å²) in [4.78, 5) is 58.3. The summed E-state index contributed by atoms with van der Waals surface area (Å²) in [6.45, 7) is 6.10. The van der Waals surface area contributed by atoms with Gasteiger partial charge in [0.1, 0.15) is 18.1 Å². The van der Waals surface area contributed by atoms with Crippen LogP contribution in [0.3, 0.4) is 0 Å². The van der Waals surface area contributed by atoms with E-state index in [1.807, 2.05) is 13.8 Å². The topological polar surface area (TPSA) is 190 Å². The van der Waals surface area contributed by atoms with Crippen molar-refractivity contribution >= 4 is 23.2 Å². The molecule has 0 saturated carbocycles. The van der Waals surface area contributed by atoms with Crippen LogP contribution in [0.1, 0.15) is 39.2 Å². The van der Waals surface area contributed by atoms with Crippen molar-refractivity contribution in [3.63, 3.8) is 0 Å². The van der Waals surface area contributed by atoms with Crippen LogP contribution in [0, 0.1) is 32.1 Å². The van der Waals surface area contributed by atoms with Crippen molar-refractivity contribution in [3.05, 3.63) is 61.3 Å². The van der Waals surface area contributed by atoms with Crippen molar-refractivity contribution < 1.29 is 43.8 Å². The molecular weight excluding hydrogens is 518 g/mol. The zero-order chi connectivity index (χ0) is 28.6. The van der Waals surface area contributed by atoms with Gasteiger partial charge in [0.15, 0.2) is 17.5 Å². The lowest BCUT2D eigenvalue weighted by atomic mass is 9.71. The Bertz CT molecular complexity index is 1260. The normalized spacial score (nSPS) is 30.1. The fourth-order valence-electron chi connectivity index (χ4n) is 5.29. The van der Waals surface area contributed by atoms with E-state index in [0.29, 0.717) is 5.71 Å². The summed E-state index contributed by atoms with van der Waals surface area (Å²) in [5, 5.41) is 33.0. The van der Waals surface area contributed by atoms with Crippen molar-refractivity contribution in [1.82, 2.24) is 0 Å². The average molecular weight is 548 g/mol. The fourth-order valence-corrected chi connectivity index (χ4v) is 5.29. The van der Waals surface area contributed by atoms with Crippen molar-refractivity contribution in [3.8, 4) is 0 Å². The minimum absolute atomic E-state index is 0.0200. The highest BCUT2D eigenvalue weighted by molar-refractivity contribution is 6.11. The van der Waals surface area contributed by atoms with Gasteiger partial charge in [-0.05, 0) is 25.3 Å². The first-order valence-electron chi connectivity index (χ1n) is 12.3. The molecule has 210 valence electrons. The van der Waals surface area contributed by atoms with E-state index >= 15 is 0 Å². The van der Waals surface area contributed by atoms with Crippen molar-refractivity contribution in [2.75, 3.05) is 19.8 Å². The molecule has 14 nitrogen and oxygen atoms in total. The Morgan fingerprint density at radius 1 is 1.23 bits per heavy atom. The molecule has 1 aromatic rings. The molecule has 0 radical (unpaired) electrons. The maximum Gasteiger partial charge on any atom is 0.315 e. The lowest BCUT2D eigenvalue weighted by Crippen LogP contribution is -2.53. The van der Waals surface area contributed by atoms with Crippen LogP contribution in [0.4, 0.5) is 5.69 Å². The number of fused-ring (bicyclic) bond motifs is 1. The summed E-state index contributed by atoms with van der Waals surface area (Å²) in [7, 11) is 0. The molecule has 0 amide bonds. The number of nitro benzene ring substituents is 1. The molecule has 0 aliphatic carbocycles. The Morgan fingerprint density at radius 3 is 2.59 bits per heavy atom. The van der Waals surface area contributed by atoms with Crippen LogP contribution in [-0.2, 0) is 28.6 Å². The highest BCUT2D eigenvalue weighted by atomic mass is 17.0. The van der Waals surface area contributed by atoms with Gasteiger partial charge in [0, 0.05) is 35.0 Å². The molecule has 3 aliphatic rings. The van der Waals surface area contributed by atoms with Crippen LogP contribution in [0.25, 0.3) is 0 Å². The molecule has 3 aliphatic heterocycles. The number of Topliss-reactive ketones (excluding diaryl/α,β-unsaturated/α-hetero) is 1. The van der Waals surface area contributed by atoms with Crippen LogP contribution in [0.5, 0.6) is 0 Å². The first-order valence-corrected chi connectivity index (χ1v) is 12.3. The van der Waals surface area contributed by atoms with Gasteiger partial charge >= 0.3 is 5.97 Å². The number of hydrogen-bond acceptors (Lipinski definition) is 12. The van der Waals surface area contributed by atoms with Gasteiger partial charge < -0.3 is 24.2 Å². The van der Waals surface area contributed by atoms with Gasteiger partial charge in [-0.15, -0.1) is 10.1 Å². The lowest BCUT2D eigenvalue weighted by Gasteiger charge is -2.35. The number of nitrogens with zero attached hydrogens (tertiary/aromatic N) is 3. The van der Waals surface area contributed by atoms with E-state index in [1.165, 1.54) is 25.1 Å². The zero-order valence-electron chi connectivity index (χ0n) is 21.8. The third kappa shape index (κ3) is 5.27. The molecule has 0 bridgehead atoms. The average Bonchev–Trinajstić information content (AvgIpc) is 3.42. The van der Waals surface area contributed by atoms with Gasteiger partial charge in [-0.2, -0.15) is 0 Å². The molecule has 1 aromatic carbocycles. The largest absolute Gasteiger partial charge is 0.465 e. The number of ketones is 1. The van der Waals surface area contributed by atoms with Gasteiger partial charge in [-0.25, -0.2) is 0 Å². The molecule has 0 aromatic heterocycles. The Morgan fingerprint density at radius 2 is 1.95 bits per heavy atom. The molecule has 14 heteroatoms. The van der Waals surface area contributed by atoms with Gasteiger partial charge in [0.25, 0.3) is 10.8 Å². The van der Waals surface area contributed by atoms with Gasteiger partial charge in [0.2, 0.25) is 0 Å². The SMILES string of the molecule is CC1=NC(C)=C(C(=O)[C@]2(O)CO[C@@H]3[C@H](O[N+](=O)[O-])CO[C@@H]32)C(c2cccc([N+](=O)[O-])c2)C1C(=O)OCC(C)C. The van der Waals surface area contributed by atoms with Crippen LogP contribution in [-0.4, -0.2) is 76.3 Å². The second-order valence-corrected chi connectivity index (χ2v) is 10.2. The molecule has 3 heterocycles. The quantitative estimate of drug-likeness (QED) is 0.270. The molecule has 1 N–H and O–H groups in total. The number of aliphatic imine (C=N–C) groups is 1. The van der Waals surface area contributed by atoms with Gasteiger partial charge in [0.05, 0.1) is 24.7 Å². The van der Waals surface area contributed by atoms with Crippen molar-refractivity contribution in [1.29, 1.82) is 0 Å². The molecule has 4 rings (SSSR count). The number of aliphatic hydroxyl groups is 1. The van der Waals surface area contributed by atoms with Gasteiger partial charge in [-0.3, -0.25) is 24.7 Å². The number of esters is 1. The third-order valence-corrected chi connectivity index (χ3v) is 7.01. The number of hydrogen-bond donors (Lipinski definition) is 1. The summed E-state index contributed by atoms with van der Waals surface area (Å²) in [5.74, 6) is -3.74. The number of carbonyl (C=O) groups excluding carboxylic acids is 2. The van der Waals surface area contributed by atoms with E-state index in [9.17, 15) is 34.9 Å². The van der Waals surface area contributed by atoms with E-state index in [-0.39, 0.29) is 41.7 Å². The highest BCUT2D eigenvalue weighted by Gasteiger charge is 2.62. The van der Waals surface area contributed by atoms with Crippen molar-refractivity contribution in [2.24, 2.45) is 16.8 Å². The highest BCUT2D eigenvalue weighted by Crippen LogP contribution is 2.45. The van der Waals surface area contributed by atoms with E-state index in [0.717, 1.165) is 0 Å². The minimum atomic E-state index is -2.29. The molecule has 2 fully saturated rings. The number of ether oxygens (including phenoxy) is 3. The van der Waals surface area contributed by atoms with E-state index < -0.39 is 64.1 Å². The Labute approximate surface area is 222 Å². The Balaban J connectivity index is 1.78. The van der Waals surface area contributed by atoms with Crippen LogP contribution in [0.15, 0.2) is 40.5 Å². The lowest BCUT2D eigenvalue weighted by molar-refractivity contribution is -0.769. The monoisotopic (exact) mass is 547 g/mol. The maximum atomic E-state index is 14.1. The second-order valence-electron chi connectivity index (χ2n) is 10.2. The molecule has 39 heavy (non-hydrogen) atoms. The first kappa shape index (κ1) is 28.3. The summed E-state index contributed by atoms with van der Waals surface area (Å²) >= 11 is 0. The number of non-ortho nitro benzene ring substituents is 1. The number of allylic oxidation sites excluding steroid dienone is 1. The number of carbonyl (C=O) groups is 2. The molecule has 2 unspecified atom stereocenters. The minimum Gasteiger partial charge on any atom is -0.465 e. The van der Waals surface area contributed by atoms with Gasteiger partial charge in [-0.1, -0.05) is 26.0 Å². The zero-order valence-corrected chi connectivity index (χ0v) is 21.8. The summed E-state index contributed by atoms with van der Waals surface area (Å²) in [6.07, 6.45) is -3.54. The van der Waals surface area contributed by atoms with E-state index in [1.54, 1.807) is 13.0 Å². The third-order valence-electron chi connectivity index (χ3n) is 7.01. The Hall–Kier alpha value is -3.75. The smallest absolute Gasteiger partial charge is 0.315 e. The molecule has 2 saturated heterocycles. The maximum absolute atomic E-state index is 14.1. The summed E-state index contributed by atoms with van der Waals surface area (Å²) in [5.41, 5.74) is -1.82. The Kier molecular flexibility index (Phi) is 7.82. The number of nitro groups is 1. The standard InChI is InChI=1S/C25H29N3O11/c1-12(2)9-37-24(30)19-14(4)26-13(3)18(20(19)15-6-5-7-16(8-15)27(32)33)22(29)25(31)11-38-21-17(39-28(34)35)10-36-23(21)25/h5-8,12,17,19-21,23,31H,9-11H2,1-4H3/t17-,19?,20?,21-,23+,25-/m1/s1. The number of benzene rings is 1. The predicted molar refractivity (Wildman–Crippen MR) is 132 cm³/mol. The summed E-state index contributed by atoms with van der Waals surface area (Å²) < 4.78 is 16.6. The molecule has 0 spiro atoms. The molecule has 6 atom stereocenters. The predicted octanol–water partition coefficient (Wildman–Crippen LogP) is 1.92. The number of rotatable bonds is 9. The van der Waals surface area contributed by atoms with Crippen LogP contribution < -0.4 is 0 Å². The van der Waals surface area contributed by atoms with Crippen molar-refractivity contribution in [2.45, 2.75) is 57.5 Å². The van der Waals surface area contributed by atoms with E-state index in [2.05, 4.69) is 9.83 Å². The van der Waals surface area contributed by atoms with Crippen LogP contribution in [0.2, 0.25) is 0 Å². The first-order chi connectivity index (χ1) is 18.3. The van der Waals surface area contributed by atoms with E-state index in [4.69, 9.17) is 14.2 Å². The van der Waals surface area contributed by atoms with Crippen LogP contribution >= 0.6 is 0 Å². The summed E-state index contributed by atoms with van der Waals surface area (Å²) in [6, 6.07) is 5.52.